The molecule has 112 valence electrons. The number of carboxylic acid groups (broad SMARTS) is 1. The van der Waals surface area contributed by atoms with Gasteiger partial charge in [-0.15, -0.1) is 5.10 Å². The number of nitrogens with one attached hydrogen (secondary N) is 1. The highest BCUT2D eigenvalue weighted by Gasteiger charge is 2.18. The van der Waals surface area contributed by atoms with Gasteiger partial charge in [0.25, 0.3) is 5.91 Å². The third kappa shape index (κ3) is 3.16. The van der Waals surface area contributed by atoms with Gasteiger partial charge in [-0.05, 0) is 25.1 Å². The van der Waals surface area contributed by atoms with E-state index < -0.39 is 12.1 Å². The number of aromatic nitrogens is 3. The minimum Gasteiger partial charge on any atom is -0.479 e. The standard InChI is InChI=1S/C13H16N4O4/c1-3-17-10-5-4-8(6-9(10)15-16-17)12(18)14-7-11(21-2)13(19)20/h4-6,11H,3,7H2,1-2H3,(H,14,18)(H,19,20). The number of hydrogen-bond acceptors (Lipinski definition) is 5. The third-order valence-corrected chi connectivity index (χ3v) is 3.08. The fourth-order valence-corrected chi connectivity index (χ4v) is 1.91. The summed E-state index contributed by atoms with van der Waals surface area (Å²) in [6, 6.07) is 5.03. The number of carbonyl (C=O) groups excluding carboxylic acids is 1. The summed E-state index contributed by atoms with van der Waals surface area (Å²) in [5, 5.41) is 19.3. The van der Waals surface area contributed by atoms with Crippen molar-refractivity contribution in [2.45, 2.75) is 19.6 Å². The highest BCUT2D eigenvalue weighted by atomic mass is 16.5. The van der Waals surface area contributed by atoms with Gasteiger partial charge in [0.15, 0.2) is 6.10 Å². The predicted octanol–water partition coefficient (Wildman–Crippen LogP) is 0.281. The Morgan fingerprint density at radius 1 is 1.48 bits per heavy atom. The number of aryl methyl sites for hydroxylation is 1. The van der Waals surface area contributed by atoms with Gasteiger partial charge in [-0.3, -0.25) is 4.79 Å². The fraction of sp³-hybridized carbons (Fsp3) is 0.385. The average molecular weight is 292 g/mol. The number of amides is 1. The summed E-state index contributed by atoms with van der Waals surface area (Å²) in [5.41, 5.74) is 1.85. The van der Waals surface area contributed by atoms with E-state index in [9.17, 15) is 9.59 Å². The Morgan fingerprint density at radius 2 is 2.24 bits per heavy atom. The van der Waals surface area contributed by atoms with Crippen molar-refractivity contribution in [3.63, 3.8) is 0 Å². The quantitative estimate of drug-likeness (QED) is 0.792. The van der Waals surface area contributed by atoms with Gasteiger partial charge in [0.2, 0.25) is 0 Å². The predicted molar refractivity (Wildman–Crippen MR) is 74.0 cm³/mol. The molecule has 0 fully saturated rings. The van der Waals surface area contributed by atoms with E-state index in [-0.39, 0.29) is 12.5 Å². The van der Waals surface area contributed by atoms with Gasteiger partial charge in [0.1, 0.15) is 5.52 Å². The van der Waals surface area contributed by atoms with Crippen LogP contribution in [0.25, 0.3) is 11.0 Å². The summed E-state index contributed by atoms with van der Waals surface area (Å²) in [4.78, 5) is 22.8. The third-order valence-electron chi connectivity index (χ3n) is 3.08. The van der Waals surface area contributed by atoms with Crippen LogP contribution < -0.4 is 5.32 Å². The molecule has 21 heavy (non-hydrogen) atoms. The van der Waals surface area contributed by atoms with E-state index in [1.165, 1.54) is 7.11 Å². The Bertz CT molecular complexity index is 667. The molecule has 0 bridgehead atoms. The molecule has 0 aliphatic heterocycles. The first-order valence-electron chi connectivity index (χ1n) is 6.43. The van der Waals surface area contributed by atoms with E-state index in [1.807, 2.05) is 6.92 Å². The SMILES string of the molecule is CCn1nnc2cc(C(=O)NCC(OC)C(=O)O)ccc21. The maximum absolute atomic E-state index is 12.0. The lowest BCUT2D eigenvalue weighted by Gasteiger charge is -2.11. The molecule has 1 heterocycles. The number of fused-ring (bicyclic) bond motifs is 1. The van der Waals surface area contributed by atoms with Gasteiger partial charge >= 0.3 is 5.97 Å². The molecular formula is C13H16N4O4. The molecule has 0 saturated carbocycles. The van der Waals surface area contributed by atoms with E-state index in [2.05, 4.69) is 15.6 Å². The first-order valence-corrected chi connectivity index (χ1v) is 6.43. The lowest BCUT2D eigenvalue weighted by molar-refractivity contribution is -0.148. The number of aliphatic carboxylic acids is 1. The number of hydrogen-bond donors (Lipinski definition) is 2. The van der Waals surface area contributed by atoms with Crippen LogP contribution in [-0.4, -0.2) is 51.7 Å². The van der Waals surface area contributed by atoms with Crippen LogP contribution in [0.3, 0.4) is 0 Å². The molecule has 0 saturated heterocycles. The number of carboxylic acids is 1. The number of nitrogens with zero attached hydrogens (tertiary/aromatic N) is 3. The number of carbonyl (C=O) groups is 2. The fourth-order valence-electron chi connectivity index (χ4n) is 1.91. The molecule has 1 unspecified atom stereocenters. The van der Waals surface area contributed by atoms with Gasteiger partial charge in [-0.2, -0.15) is 0 Å². The largest absolute Gasteiger partial charge is 0.479 e. The molecule has 1 aromatic carbocycles. The monoisotopic (exact) mass is 292 g/mol. The van der Waals surface area contributed by atoms with Crippen molar-refractivity contribution in [2.75, 3.05) is 13.7 Å². The second-order valence-corrected chi connectivity index (χ2v) is 4.38. The molecule has 1 aromatic heterocycles. The zero-order valence-electron chi connectivity index (χ0n) is 11.7. The minimum absolute atomic E-state index is 0.107. The van der Waals surface area contributed by atoms with E-state index in [0.29, 0.717) is 17.6 Å². The molecular weight excluding hydrogens is 276 g/mol. The molecule has 0 aliphatic carbocycles. The molecule has 2 N–H and O–H groups in total. The summed E-state index contributed by atoms with van der Waals surface area (Å²) >= 11 is 0. The van der Waals surface area contributed by atoms with Gasteiger partial charge in [0, 0.05) is 19.2 Å². The van der Waals surface area contributed by atoms with Crippen LogP contribution in [0.2, 0.25) is 0 Å². The smallest absolute Gasteiger partial charge is 0.334 e. The van der Waals surface area contributed by atoms with Crippen LogP contribution in [0.4, 0.5) is 0 Å². The van der Waals surface area contributed by atoms with Crippen molar-refractivity contribution >= 4 is 22.9 Å². The van der Waals surface area contributed by atoms with Crippen LogP contribution in [0, 0.1) is 0 Å². The Labute approximate surface area is 120 Å². The topological polar surface area (TPSA) is 106 Å². The van der Waals surface area contributed by atoms with Crippen molar-refractivity contribution in [3.8, 4) is 0 Å². The second kappa shape index (κ2) is 6.31. The lowest BCUT2D eigenvalue weighted by atomic mass is 10.2. The van der Waals surface area contributed by atoms with E-state index in [1.54, 1.807) is 22.9 Å². The molecule has 1 amide bonds. The number of rotatable bonds is 6. The average Bonchev–Trinajstić information content (AvgIpc) is 2.89. The Kier molecular flexibility index (Phi) is 4.49. The number of methoxy groups -OCH3 is 1. The van der Waals surface area contributed by atoms with Crippen molar-refractivity contribution in [1.29, 1.82) is 0 Å². The summed E-state index contributed by atoms with van der Waals surface area (Å²) in [5.74, 6) is -1.51. The van der Waals surface area contributed by atoms with Crippen LogP contribution in [0.15, 0.2) is 18.2 Å². The number of benzene rings is 1. The van der Waals surface area contributed by atoms with E-state index >= 15 is 0 Å². The normalized spacial score (nSPS) is 12.3. The molecule has 0 spiro atoms. The molecule has 0 radical (unpaired) electrons. The van der Waals surface area contributed by atoms with E-state index in [0.717, 1.165) is 5.52 Å². The molecule has 8 nitrogen and oxygen atoms in total. The Hall–Kier alpha value is -2.48. The zero-order valence-corrected chi connectivity index (χ0v) is 11.7. The summed E-state index contributed by atoms with van der Waals surface area (Å²) in [6.07, 6.45) is -1.07. The minimum atomic E-state index is -1.13. The lowest BCUT2D eigenvalue weighted by Crippen LogP contribution is -2.37. The van der Waals surface area contributed by atoms with Gasteiger partial charge in [-0.1, -0.05) is 5.21 Å². The summed E-state index contributed by atoms with van der Waals surface area (Å²) < 4.78 is 6.47. The van der Waals surface area contributed by atoms with Crippen molar-refractivity contribution in [2.24, 2.45) is 0 Å². The molecule has 0 aliphatic rings. The van der Waals surface area contributed by atoms with Gasteiger partial charge in [-0.25, -0.2) is 9.48 Å². The second-order valence-electron chi connectivity index (χ2n) is 4.38. The van der Waals surface area contributed by atoms with Gasteiger partial charge in [0.05, 0.1) is 12.1 Å². The van der Waals surface area contributed by atoms with Crippen LogP contribution in [-0.2, 0) is 16.1 Å². The highest BCUT2D eigenvalue weighted by Crippen LogP contribution is 2.13. The summed E-state index contributed by atoms with van der Waals surface area (Å²) in [6.45, 7) is 2.53. The maximum atomic E-state index is 12.0. The van der Waals surface area contributed by atoms with Crippen LogP contribution in [0.5, 0.6) is 0 Å². The Morgan fingerprint density at radius 3 is 2.86 bits per heavy atom. The van der Waals surface area contributed by atoms with Crippen LogP contribution in [0.1, 0.15) is 17.3 Å². The molecule has 2 aromatic rings. The van der Waals surface area contributed by atoms with Crippen LogP contribution >= 0.6 is 0 Å². The highest BCUT2D eigenvalue weighted by molar-refractivity contribution is 5.97. The van der Waals surface area contributed by atoms with Gasteiger partial charge < -0.3 is 15.2 Å². The summed E-state index contributed by atoms with van der Waals surface area (Å²) in [7, 11) is 1.28. The van der Waals surface area contributed by atoms with Crippen molar-refractivity contribution < 1.29 is 19.4 Å². The first kappa shape index (κ1) is 14.9. The van der Waals surface area contributed by atoms with Crippen molar-refractivity contribution in [3.05, 3.63) is 23.8 Å². The zero-order chi connectivity index (χ0) is 15.4. The first-order chi connectivity index (χ1) is 10.1. The molecule has 8 heteroatoms. The maximum Gasteiger partial charge on any atom is 0.334 e. The number of ether oxygens (including phenoxy) is 1. The Balaban J connectivity index is 2.11. The molecule has 2 rings (SSSR count). The van der Waals surface area contributed by atoms with Crippen molar-refractivity contribution in [1.82, 2.24) is 20.3 Å². The van der Waals surface area contributed by atoms with E-state index in [4.69, 9.17) is 9.84 Å². The molecule has 1 atom stereocenters.